The Balaban J connectivity index is 1.55. The first-order chi connectivity index (χ1) is 11.7. The molecule has 24 heavy (non-hydrogen) atoms. The molecule has 0 atom stereocenters. The summed E-state index contributed by atoms with van der Waals surface area (Å²) in [6, 6.07) is 4.35. The maximum absolute atomic E-state index is 5.63. The van der Waals surface area contributed by atoms with E-state index in [0.29, 0.717) is 0 Å². The molecule has 3 rings (SSSR count). The van der Waals surface area contributed by atoms with E-state index in [4.69, 9.17) is 4.74 Å². The fourth-order valence-electron chi connectivity index (χ4n) is 3.77. The smallest absolute Gasteiger partial charge is 0.191 e. The SMILES string of the molecule is CN=C(NCc1ccc(C)s1)NCC1(N2CCCC2)CCOCC1. The highest BCUT2D eigenvalue weighted by Gasteiger charge is 2.39. The minimum absolute atomic E-state index is 0.228. The molecule has 1 aromatic rings. The Morgan fingerprint density at radius 3 is 2.62 bits per heavy atom. The normalized spacial score (nSPS) is 21.8. The van der Waals surface area contributed by atoms with Gasteiger partial charge in [-0.3, -0.25) is 9.89 Å². The van der Waals surface area contributed by atoms with Gasteiger partial charge in [-0.25, -0.2) is 0 Å². The lowest BCUT2D eigenvalue weighted by molar-refractivity contribution is -0.0164. The molecule has 0 radical (unpaired) electrons. The third-order valence-electron chi connectivity index (χ3n) is 5.23. The van der Waals surface area contributed by atoms with Crippen molar-refractivity contribution in [2.45, 2.75) is 44.7 Å². The van der Waals surface area contributed by atoms with Crippen molar-refractivity contribution in [1.82, 2.24) is 15.5 Å². The average Bonchev–Trinajstić information content (AvgIpc) is 3.28. The number of hydrogen-bond acceptors (Lipinski definition) is 4. The van der Waals surface area contributed by atoms with Crippen molar-refractivity contribution < 1.29 is 4.74 Å². The van der Waals surface area contributed by atoms with Gasteiger partial charge >= 0.3 is 0 Å². The van der Waals surface area contributed by atoms with Gasteiger partial charge in [-0.05, 0) is 57.8 Å². The van der Waals surface area contributed by atoms with E-state index in [1.54, 1.807) is 0 Å². The van der Waals surface area contributed by atoms with E-state index in [0.717, 1.165) is 45.1 Å². The molecule has 1 aromatic heterocycles. The largest absolute Gasteiger partial charge is 0.381 e. The molecular weight excluding hydrogens is 320 g/mol. The number of aryl methyl sites for hydroxylation is 1. The van der Waals surface area contributed by atoms with Gasteiger partial charge in [0.15, 0.2) is 5.96 Å². The van der Waals surface area contributed by atoms with Gasteiger partial charge in [0, 0.05) is 42.1 Å². The minimum atomic E-state index is 0.228. The van der Waals surface area contributed by atoms with Crippen LogP contribution in [-0.4, -0.2) is 56.3 Å². The monoisotopic (exact) mass is 350 g/mol. The number of thiophene rings is 1. The van der Waals surface area contributed by atoms with E-state index >= 15 is 0 Å². The second-order valence-electron chi connectivity index (χ2n) is 6.82. The number of rotatable bonds is 5. The maximum atomic E-state index is 5.63. The van der Waals surface area contributed by atoms with E-state index in [2.05, 4.69) is 39.6 Å². The summed E-state index contributed by atoms with van der Waals surface area (Å²) >= 11 is 1.84. The van der Waals surface area contributed by atoms with E-state index < -0.39 is 0 Å². The fourth-order valence-corrected chi connectivity index (χ4v) is 4.60. The van der Waals surface area contributed by atoms with Gasteiger partial charge in [0.25, 0.3) is 0 Å². The Labute approximate surface area is 149 Å². The van der Waals surface area contributed by atoms with Crippen LogP contribution in [0.5, 0.6) is 0 Å². The molecule has 6 heteroatoms. The van der Waals surface area contributed by atoms with E-state index in [-0.39, 0.29) is 5.54 Å². The molecule has 0 spiro atoms. The third-order valence-corrected chi connectivity index (χ3v) is 6.24. The zero-order chi connectivity index (χ0) is 16.8. The summed E-state index contributed by atoms with van der Waals surface area (Å²) in [4.78, 5) is 9.78. The molecule has 2 fully saturated rings. The second kappa shape index (κ2) is 8.32. The number of nitrogens with one attached hydrogen (secondary N) is 2. The third kappa shape index (κ3) is 4.29. The van der Waals surface area contributed by atoms with Crippen molar-refractivity contribution in [2.75, 3.05) is 39.9 Å². The highest BCUT2D eigenvalue weighted by molar-refractivity contribution is 7.11. The predicted octanol–water partition coefficient (Wildman–Crippen LogP) is 2.37. The van der Waals surface area contributed by atoms with Crippen molar-refractivity contribution in [3.63, 3.8) is 0 Å². The van der Waals surface area contributed by atoms with Gasteiger partial charge < -0.3 is 15.4 Å². The zero-order valence-electron chi connectivity index (χ0n) is 14.9. The van der Waals surface area contributed by atoms with E-state index in [1.807, 2.05) is 18.4 Å². The highest BCUT2D eigenvalue weighted by atomic mass is 32.1. The molecule has 0 unspecified atom stereocenters. The Morgan fingerprint density at radius 2 is 2.00 bits per heavy atom. The van der Waals surface area contributed by atoms with Gasteiger partial charge in [0.05, 0.1) is 6.54 Å². The molecule has 5 nitrogen and oxygen atoms in total. The molecule has 2 aliphatic heterocycles. The molecular formula is C18H30N4OS. The van der Waals surface area contributed by atoms with Gasteiger partial charge in [0.1, 0.15) is 0 Å². The maximum Gasteiger partial charge on any atom is 0.191 e. The average molecular weight is 351 g/mol. The van der Waals surface area contributed by atoms with Gasteiger partial charge in [0.2, 0.25) is 0 Å². The topological polar surface area (TPSA) is 48.9 Å². The Bertz CT molecular complexity index is 545. The zero-order valence-corrected chi connectivity index (χ0v) is 15.8. The molecule has 0 amide bonds. The van der Waals surface area contributed by atoms with Crippen LogP contribution in [0.4, 0.5) is 0 Å². The number of nitrogens with zero attached hydrogens (tertiary/aromatic N) is 2. The molecule has 2 saturated heterocycles. The van der Waals surface area contributed by atoms with Crippen molar-refractivity contribution in [3.8, 4) is 0 Å². The van der Waals surface area contributed by atoms with Crippen molar-refractivity contribution >= 4 is 17.3 Å². The van der Waals surface area contributed by atoms with Crippen LogP contribution in [0.1, 0.15) is 35.4 Å². The van der Waals surface area contributed by atoms with Crippen molar-refractivity contribution in [2.24, 2.45) is 4.99 Å². The summed E-state index contributed by atoms with van der Waals surface area (Å²) in [5.74, 6) is 0.895. The van der Waals surface area contributed by atoms with Gasteiger partial charge in [-0.1, -0.05) is 0 Å². The summed E-state index contributed by atoms with van der Waals surface area (Å²) in [5.41, 5.74) is 0.228. The van der Waals surface area contributed by atoms with E-state index in [9.17, 15) is 0 Å². The lowest BCUT2D eigenvalue weighted by atomic mass is 9.88. The van der Waals surface area contributed by atoms with E-state index in [1.165, 1.54) is 35.7 Å². The Morgan fingerprint density at radius 1 is 1.25 bits per heavy atom. The first kappa shape index (κ1) is 17.7. The van der Waals surface area contributed by atoms with Crippen LogP contribution in [0.15, 0.2) is 17.1 Å². The van der Waals surface area contributed by atoms with Crippen LogP contribution in [0.2, 0.25) is 0 Å². The lowest BCUT2D eigenvalue weighted by Gasteiger charge is -2.45. The molecule has 2 N–H and O–H groups in total. The minimum Gasteiger partial charge on any atom is -0.381 e. The van der Waals surface area contributed by atoms with Gasteiger partial charge in [-0.15, -0.1) is 11.3 Å². The second-order valence-corrected chi connectivity index (χ2v) is 8.20. The number of likely N-dealkylation sites (tertiary alicyclic amines) is 1. The molecule has 3 heterocycles. The first-order valence-electron chi connectivity index (χ1n) is 9.04. The summed E-state index contributed by atoms with van der Waals surface area (Å²) < 4.78 is 5.63. The highest BCUT2D eigenvalue weighted by Crippen LogP contribution is 2.30. The first-order valence-corrected chi connectivity index (χ1v) is 9.86. The number of hydrogen-bond donors (Lipinski definition) is 2. The quantitative estimate of drug-likeness (QED) is 0.632. The van der Waals surface area contributed by atoms with Crippen LogP contribution in [-0.2, 0) is 11.3 Å². The van der Waals surface area contributed by atoms with Crippen LogP contribution in [0, 0.1) is 6.92 Å². The molecule has 0 bridgehead atoms. The van der Waals surface area contributed by atoms with Crippen molar-refractivity contribution in [3.05, 3.63) is 21.9 Å². The fraction of sp³-hybridized carbons (Fsp3) is 0.722. The summed E-state index contributed by atoms with van der Waals surface area (Å²) in [6.45, 7) is 8.12. The number of aliphatic imine (C=N–C) groups is 1. The van der Waals surface area contributed by atoms with Crippen LogP contribution in [0.3, 0.4) is 0 Å². The summed E-state index contributed by atoms with van der Waals surface area (Å²) in [7, 11) is 1.85. The molecule has 0 aliphatic carbocycles. The predicted molar refractivity (Wildman–Crippen MR) is 101 cm³/mol. The number of guanidine groups is 1. The van der Waals surface area contributed by atoms with Crippen LogP contribution >= 0.6 is 11.3 Å². The number of ether oxygens (including phenoxy) is 1. The molecule has 134 valence electrons. The molecule has 0 saturated carbocycles. The standard InChI is InChI=1S/C18H30N4OS/c1-15-5-6-16(24-15)13-20-17(19-2)21-14-18(7-11-23-12-8-18)22-9-3-4-10-22/h5-6H,3-4,7-14H2,1-2H3,(H2,19,20,21). The summed E-state index contributed by atoms with van der Waals surface area (Å²) in [6.07, 6.45) is 4.88. The Hall–Kier alpha value is -1.11. The molecule has 2 aliphatic rings. The summed E-state index contributed by atoms with van der Waals surface area (Å²) in [5, 5.41) is 7.03. The van der Waals surface area contributed by atoms with Crippen molar-refractivity contribution in [1.29, 1.82) is 0 Å². The molecule has 0 aromatic carbocycles. The van der Waals surface area contributed by atoms with Crippen LogP contribution < -0.4 is 10.6 Å². The van der Waals surface area contributed by atoms with Gasteiger partial charge in [-0.2, -0.15) is 0 Å². The Kier molecular flexibility index (Phi) is 6.14. The van der Waals surface area contributed by atoms with Crippen LogP contribution in [0.25, 0.3) is 0 Å². The lowest BCUT2D eigenvalue weighted by Crippen LogP contribution is -2.58.